The summed E-state index contributed by atoms with van der Waals surface area (Å²) in [7, 11) is 1.62. The molecule has 29 heavy (non-hydrogen) atoms. The van der Waals surface area contributed by atoms with Gasteiger partial charge in [-0.15, -0.1) is 0 Å². The number of benzene rings is 2. The van der Waals surface area contributed by atoms with E-state index in [0.29, 0.717) is 0 Å². The summed E-state index contributed by atoms with van der Waals surface area (Å²) in [4.78, 5) is 28.4. The van der Waals surface area contributed by atoms with Gasteiger partial charge in [0.05, 0.1) is 13.0 Å². The Labute approximate surface area is 173 Å². The van der Waals surface area contributed by atoms with Gasteiger partial charge in [-0.05, 0) is 42.0 Å². The summed E-state index contributed by atoms with van der Waals surface area (Å²) in [6.45, 7) is 5.55. The van der Waals surface area contributed by atoms with Crippen molar-refractivity contribution in [2.75, 3.05) is 20.2 Å². The molecule has 0 saturated carbocycles. The second kappa shape index (κ2) is 9.59. The highest BCUT2D eigenvalue weighted by atomic mass is 16.5. The van der Waals surface area contributed by atoms with E-state index >= 15 is 0 Å². The molecule has 1 N–H and O–H groups in total. The van der Waals surface area contributed by atoms with E-state index in [1.807, 2.05) is 73.3 Å². The van der Waals surface area contributed by atoms with Gasteiger partial charge in [-0.25, -0.2) is 0 Å². The van der Waals surface area contributed by atoms with Crippen molar-refractivity contribution in [2.24, 2.45) is 5.92 Å². The lowest BCUT2D eigenvalue weighted by Crippen LogP contribution is -2.44. The van der Waals surface area contributed by atoms with Gasteiger partial charge in [0.1, 0.15) is 11.8 Å². The lowest BCUT2D eigenvalue weighted by Gasteiger charge is -2.28. The Balaban J connectivity index is 1.85. The van der Waals surface area contributed by atoms with Gasteiger partial charge < -0.3 is 15.0 Å². The molecule has 5 nitrogen and oxygen atoms in total. The fourth-order valence-corrected chi connectivity index (χ4v) is 3.94. The third kappa shape index (κ3) is 4.97. The molecule has 1 fully saturated rings. The number of carbonyl (C=O) groups is 2. The Kier molecular flexibility index (Phi) is 6.91. The van der Waals surface area contributed by atoms with E-state index in [2.05, 4.69) is 5.32 Å². The Morgan fingerprint density at radius 2 is 1.55 bits per heavy atom. The maximum Gasteiger partial charge on any atom is 0.249 e. The van der Waals surface area contributed by atoms with Crippen LogP contribution in [0.3, 0.4) is 0 Å². The van der Waals surface area contributed by atoms with Gasteiger partial charge in [-0.1, -0.05) is 56.3 Å². The van der Waals surface area contributed by atoms with Gasteiger partial charge in [-0.2, -0.15) is 0 Å². The van der Waals surface area contributed by atoms with Crippen molar-refractivity contribution in [3.63, 3.8) is 0 Å². The fraction of sp³-hybridized carbons (Fsp3) is 0.417. The third-order valence-corrected chi connectivity index (χ3v) is 5.51. The van der Waals surface area contributed by atoms with Crippen molar-refractivity contribution in [1.29, 1.82) is 0 Å². The van der Waals surface area contributed by atoms with Crippen LogP contribution in [0.25, 0.3) is 0 Å². The number of nitrogens with zero attached hydrogens (tertiary/aromatic N) is 1. The van der Waals surface area contributed by atoms with Crippen LogP contribution in [0.4, 0.5) is 0 Å². The Morgan fingerprint density at radius 3 is 2.10 bits per heavy atom. The first-order valence-corrected chi connectivity index (χ1v) is 10.3. The Morgan fingerprint density at radius 1 is 0.931 bits per heavy atom. The zero-order valence-electron chi connectivity index (χ0n) is 17.4. The number of hydrogen-bond donors (Lipinski definition) is 1. The molecule has 1 aliphatic rings. The highest BCUT2D eigenvalue weighted by Gasteiger charge is 2.32. The molecule has 1 heterocycles. The molecular formula is C24H30N2O3. The van der Waals surface area contributed by atoms with Crippen LogP contribution in [0.5, 0.6) is 5.75 Å². The standard InChI is InChI=1S/C24H30N2O3/c1-17(2)21(18-11-13-20(29-3)14-12-18)23(27)25-22(19-9-5-4-6-10-19)24(28)26-15-7-8-16-26/h4-6,9-14,17,21-22H,7-8,15-16H2,1-3H3,(H,25,27)/t21?,22-/m0/s1. The van der Waals surface area contributed by atoms with E-state index in [-0.39, 0.29) is 23.7 Å². The molecule has 3 rings (SSSR count). The molecule has 1 unspecified atom stereocenters. The molecule has 2 aromatic carbocycles. The van der Waals surface area contributed by atoms with Gasteiger partial charge in [-0.3, -0.25) is 9.59 Å². The zero-order chi connectivity index (χ0) is 20.8. The van der Waals surface area contributed by atoms with Crippen molar-refractivity contribution >= 4 is 11.8 Å². The number of nitrogens with one attached hydrogen (secondary N) is 1. The van der Waals surface area contributed by atoms with Gasteiger partial charge in [0.25, 0.3) is 0 Å². The number of carbonyl (C=O) groups excluding carboxylic acids is 2. The van der Waals surface area contributed by atoms with E-state index in [1.54, 1.807) is 7.11 Å². The van der Waals surface area contributed by atoms with E-state index < -0.39 is 6.04 Å². The van der Waals surface area contributed by atoms with Crippen LogP contribution in [0, 0.1) is 5.92 Å². The molecule has 154 valence electrons. The lowest BCUT2D eigenvalue weighted by molar-refractivity contribution is -0.136. The second-order valence-corrected chi connectivity index (χ2v) is 7.88. The Hall–Kier alpha value is -2.82. The van der Waals surface area contributed by atoms with E-state index in [1.165, 1.54) is 0 Å². The molecular weight excluding hydrogens is 364 g/mol. The topological polar surface area (TPSA) is 58.6 Å². The SMILES string of the molecule is COc1ccc(C(C(=O)N[C@H](C(=O)N2CCCC2)c2ccccc2)C(C)C)cc1. The quantitative estimate of drug-likeness (QED) is 0.774. The molecule has 2 amide bonds. The molecule has 2 aromatic rings. The van der Waals surface area contributed by atoms with Crippen LogP contribution < -0.4 is 10.1 Å². The normalized spacial score (nSPS) is 15.8. The van der Waals surface area contributed by atoms with E-state index in [4.69, 9.17) is 4.74 Å². The molecule has 0 aromatic heterocycles. The van der Waals surface area contributed by atoms with Crippen molar-refractivity contribution in [1.82, 2.24) is 10.2 Å². The number of likely N-dealkylation sites (tertiary alicyclic amines) is 1. The molecule has 1 aliphatic heterocycles. The minimum absolute atomic E-state index is 0.0284. The molecule has 5 heteroatoms. The summed E-state index contributed by atoms with van der Waals surface area (Å²) < 4.78 is 5.23. The summed E-state index contributed by atoms with van der Waals surface area (Å²) in [6, 6.07) is 16.4. The van der Waals surface area contributed by atoms with Crippen molar-refractivity contribution < 1.29 is 14.3 Å². The summed E-state index contributed by atoms with van der Waals surface area (Å²) in [5, 5.41) is 3.06. The smallest absolute Gasteiger partial charge is 0.249 e. The average molecular weight is 395 g/mol. The maximum absolute atomic E-state index is 13.3. The highest BCUT2D eigenvalue weighted by molar-refractivity contribution is 5.91. The number of rotatable bonds is 7. The van der Waals surface area contributed by atoms with Crippen LogP contribution >= 0.6 is 0 Å². The van der Waals surface area contributed by atoms with Gasteiger partial charge in [0.15, 0.2) is 0 Å². The number of hydrogen-bond acceptors (Lipinski definition) is 3. The van der Waals surface area contributed by atoms with Gasteiger partial charge in [0, 0.05) is 13.1 Å². The predicted molar refractivity (Wildman–Crippen MR) is 114 cm³/mol. The summed E-state index contributed by atoms with van der Waals surface area (Å²) >= 11 is 0. The highest BCUT2D eigenvalue weighted by Crippen LogP contribution is 2.28. The first-order chi connectivity index (χ1) is 14.0. The molecule has 1 saturated heterocycles. The summed E-state index contributed by atoms with van der Waals surface area (Å²) in [5.74, 6) is 0.328. The van der Waals surface area contributed by atoms with Crippen LogP contribution in [0.15, 0.2) is 54.6 Å². The van der Waals surface area contributed by atoms with Crippen molar-refractivity contribution in [3.05, 3.63) is 65.7 Å². The first kappa shape index (κ1) is 20.9. The summed E-state index contributed by atoms with van der Waals surface area (Å²) in [5.41, 5.74) is 1.73. The van der Waals surface area contributed by atoms with Crippen LogP contribution in [-0.4, -0.2) is 36.9 Å². The van der Waals surface area contributed by atoms with Crippen molar-refractivity contribution in [2.45, 2.75) is 38.6 Å². The number of methoxy groups -OCH3 is 1. The predicted octanol–water partition coefficient (Wildman–Crippen LogP) is 3.91. The fourth-order valence-electron chi connectivity index (χ4n) is 3.94. The van der Waals surface area contributed by atoms with Gasteiger partial charge >= 0.3 is 0 Å². The monoisotopic (exact) mass is 394 g/mol. The number of ether oxygens (including phenoxy) is 1. The molecule has 0 bridgehead atoms. The van der Waals surface area contributed by atoms with Crippen LogP contribution in [-0.2, 0) is 9.59 Å². The number of amides is 2. The summed E-state index contributed by atoms with van der Waals surface area (Å²) in [6.07, 6.45) is 2.03. The zero-order valence-corrected chi connectivity index (χ0v) is 17.4. The maximum atomic E-state index is 13.3. The minimum atomic E-state index is -0.665. The molecule has 2 atom stereocenters. The van der Waals surface area contributed by atoms with Crippen LogP contribution in [0.1, 0.15) is 49.8 Å². The lowest BCUT2D eigenvalue weighted by atomic mass is 9.87. The van der Waals surface area contributed by atoms with Crippen molar-refractivity contribution in [3.8, 4) is 5.75 Å². The molecule has 0 radical (unpaired) electrons. The largest absolute Gasteiger partial charge is 0.497 e. The molecule has 0 aliphatic carbocycles. The third-order valence-electron chi connectivity index (χ3n) is 5.51. The van der Waals surface area contributed by atoms with E-state index in [9.17, 15) is 9.59 Å². The first-order valence-electron chi connectivity index (χ1n) is 10.3. The van der Waals surface area contributed by atoms with Gasteiger partial charge in [0.2, 0.25) is 11.8 Å². The second-order valence-electron chi connectivity index (χ2n) is 7.88. The molecule has 0 spiro atoms. The minimum Gasteiger partial charge on any atom is -0.497 e. The van der Waals surface area contributed by atoms with E-state index in [0.717, 1.165) is 42.8 Å². The van der Waals surface area contributed by atoms with Crippen LogP contribution in [0.2, 0.25) is 0 Å². The average Bonchev–Trinajstić information content (AvgIpc) is 3.27. The Bertz CT molecular complexity index is 812.